The Bertz CT molecular complexity index is 212. The summed E-state index contributed by atoms with van der Waals surface area (Å²) in [6.45, 7) is 4.55. The van der Waals surface area contributed by atoms with Gasteiger partial charge in [0.05, 0.1) is 0 Å². The third-order valence-corrected chi connectivity index (χ3v) is 3.83. The van der Waals surface area contributed by atoms with Gasteiger partial charge in [0.15, 0.2) is 0 Å². The third kappa shape index (κ3) is 17.5. The molecule has 0 atom stereocenters. The first-order chi connectivity index (χ1) is 9.91. The predicted molar refractivity (Wildman–Crippen MR) is 94.3 cm³/mol. The number of hydrogen-bond acceptors (Lipinski definition) is 0. The number of rotatable bonds is 15. The Balaban J connectivity index is 3.14. The van der Waals surface area contributed by atoms with E-state index in [0.29, 0.717) is 0 Å². The van der Waals surface area contributed by atoms with Gasteiger partial charge in [-0.15, -0.1) is 0 Å². The summed E-state index contributed by atoms with van der Waals surface area (Å²) in [6.07, 6.45) is 28.4. The van der Waals surface area contributed by atoms with E-state index in [2.05, 4.69) is 38.2 Å². The van der Waals surface area contributed by atoms with E-state index >= 15 is 0 Å². The first-order valence-electron chi connectivity index (χ1n) is 9.23. The molecule has 0 aliphatic carbocycles. The number of hydrogen-bond donors (Lipinski definition) is 0. The highest BCUT2D eigenvalue weighted by Crippen LogP contribution is 2.09. The topological polar surface area (TPSA) is 0 Å². The molecule has 0 aliphatic heterocycles. The van der Waals surface area contributed by atoms with Crippen molar-refractivity contribution in [1.29, 1.82) is 0 Å². The van der Waals surface area contributed by atoms with Crippen LogP contribution >= 0.6 is 0 Å². The van der Waals surface area contributed by atoms with Crippen LogP contribution in [0.25, 0.3) is 0 Å². The van der Waals surface area contributed by atoms with Crippen molar-refractivity contribution in [1.82, 2.24) is 0 Å². The first kappa shape index (κ1) is 19.5. The minimum atomic E-state index is 1.26. The molecule has 0 N–H and O–H groups in total. The van der Waals surface area contributed by atoms with Crippen LogP contribution in [-0.4, -0.2) is 0 Å². The maximum atomic E-state index is 2.33. The third-order valence-electron chi connectivity index (χ3n) is 3.83. The zero-order chi connectivity index (χ0) is 14.7. The van der Waals surface area contributed by atoms with Gasteiger partial charge in [-0.05, 0) is 25.7 Å². The molecule has 0 heteroatoms. The van der Waals surface area contributed by atoms with E-state index in [1.807, 2.05) is 0 Å². The van der Waals surface area contributed by atoms with Crippen molar-refractivity contribution in [2.45, 2.75) is 104 Å². The summed E-state index contributed by atoms with van der Waals surface area (Å²) in [6, 6.07) is 0. The zero-order valence-corrected chi connectivity index (χ0v) is 14.2. The fraction of sp³-hybridized carbons (Fsp3) is 0.800. The molecule has 118 valence electrons. The lowest BCUT2D eigenvalue weighted by atomic mass is 10.1. The molecule has 0 fully saturated rings. The van der Waals surface area contributed by atoms with Gasteiger partial charge in [0, 0.05) is 0 Å². The van der Waals surface area contributed by atoms with E-state index in [4.69, 9.17) is 0 Å². The van der Waals surface area contributed by atoms with Crippen molar-refractivity contribution in [3.63, 3.8) is 0 Å². The molecule has 0 aliphatic rings. The van der Waals surface area contributed by atoms with Gasteiger partial charge in [0.2, 0.25) is 0 Å². The fourth-order valence-corrected chi connectivity index (χ4v) is 2.43. The molecule has 0 bridgehead atoms. The van der Waals surface area contributed by atoms with Crippen molar-refractivity contribution < 1.29 is 0 Å². The second kappa shape index (κ2) is 18.5. The minimum Gasteiger partial charge on any atom is -0.0845 e. The molecule has 0 amide bonds. The molecule has 0 unspecified atom stereocenters. The molecule has 0 rings (SSSR count). The van der Waals surface area contributed by atoms with Crippen LogP contribution in [0.15, 0.2) is 24.3 Å². The van der Waals surface area contributed by atoms with Crippen LogP contribution in [0.5, 0.6) is 0 Å². The normalized spacial score (nSPS) is 11.9. The molecule has 0 saturated carbocycles. The minimum absolute atomic E-state index is 1.26. The van der Waals surface area contributed by atoms with Crippen molar-refractivity contribution in [3.05, 3.63) is 24.3 Å². The van der Waals surface area contributed by atoms with Crippen LogP contribution in [-0.2, 0) is 0 Å². The van der Waals surface area contributed by atoms with Crippen LogP contribution in [0.1, 0.15) is 104 Å². The highest BCUT2D eigenvalue weighted by atomic mass is 14.0. The smallest absolute Gasteiger partial charge is 0.0348 e. The van der Waals surface area contributed by atoms with Gasteiger partial charge in [0.25, 0.3) is 0 Å². The molecule has 0 aromatic rings. The first-order valence-corrected chi connectivity index (χ1v) is 9.23. The number of unbranched alkanes of at least 4 members (excludes halogenated alkanes) is 12. The second-order valence-corrected chi connectivity index (χ2v) is 5.97. The zero-order valence-electron chi connectivity index (χ0n) is 14.2. The van der Waals surface area contributed by atoms with Gasteiger partial charge < -0.3 is 0 Å². The van der Waals surface area contributed by atoms with E-state index in [1.165, 1.54) is 89.9 Å². The summed E-state index contributed by atoms with van der Waals surface area (Å²) in [4.78, 5) is 0. The highest BCUT2D eigenvalue weighted by molar-refractivity contribution is 5.02. The Morgan fingerprint density at radius 2 is 0.800 bits per heavy atom. The summed E-state index contributed by atoms with van der Waals surface area (Å²) >= 11 is 0. The largest absolute Gasteiger partial charge is 0.0845 e. The summed E-state index contributed by atoms with van der Waals surface area (Å²) < 4.78 is 0. The molecule has 0 nitrogen and oxygen atoms in total. The predicted octanol–water partition coefficient (Wildman–Crippen LogP) is 7.60. The van der Waals surface area contributed by atoms with Crippen molar-refractivity contribution in [3.8, 4) is 0 Å². The standard InChI is InChI=1S/C20H38/c1-3-5-7-9-11-13-15-17-19-20-18-16-14-12-10-8-6-4-2/h15,17,19-20H,3-14,16,18H2,1-2H3. The molecule has 0 heterocycles. The fourth-order valence-electron chi connectivity index (χ4n) is 2.43. The summed E-state index contributed by atoms with van der Waals surface area (Å²) in [7, 11) is 0. The van der Waals surface area contributed by atoms with Gasteiger partial charge in [0.1, 0.15) is 0 Å². The van der Waals surface area contributed by atoms with Gasteiger partial charge in [-0.3, -0.25) is 0 Å². The lowest BCUT2D eigenvalue weighted by molar-refractivity contribution is 0.592. The number of allylic oxidation sites excluding steroid dienone is 4. The Hall–Kier alpha value is -0.520. The van der Waals surface area contributed by atoms with Crippen LogP contribution in [0.4, 0.5) is 0 Å². The van der Waals surface area contributed by atoms with Gasteiger partial charge in [-0.1, -0.05) is 102 Å². The Labute approximate surface area is 128 Å². The van der Waals surface area contributed by atoms with Crippen LogP contribution in [0.2, 0.25) is 0 Å². The molecular formula is C20H38. The van der Waals surface area contributed by atoms with Crippen LogP contribution in [0, 0.1) is 0 Å². The Morgan fingerprint density at radius 3 is 1.20 bits per heavy atom. The molecule has 0 aromatic heterocycles. The molecule has 20 heavy (non-hydrogen) atoms. The summed E-state index contributed by atoms with van der Waals surface area (Å²) in [5, 5.41) is 0. The lowest BCUT2D eigenvalue weighted by Crippen LogP contribution is -1.78. The lowest BCUT2D eigenvalue weighted by Gasteiger charge is -1.98. The van der Waals surface area contributed by atoms with Crippen LogP contribution in [0.3, 0.4) is 0 Å². The van der Waals surface area contributed by atoms with Gasteiger partial charge >= 0.3 is 0 Å². The van der Waals surface area contributed by atoms with Crippen LogP contribution < -0.4 is 0 Å². The van der Waals surface area contributed by atoms with E-state index in [9.17, 15) is 0 Å². The van der Waals surface area contributed by atoms with Gasteiger partial charge in [-0.2, -0.15) is 0 Å². The maximum absolute atomic E-state index is 2.33. The molecule has 0 saturated heterocycles. The second-order valence-electron chi connectivity index (χ2n) is 5.97. The highest BCUT2D eigenvalue weighted by Gasteiger charge is 1.89. The Kier molecular flexibility index (Phi) is 18.0. The molecule has 0 aromatic carbocycles. The molecule has 0 spiro atoms. The average molecular weight is 279 g/mol. The van der Waals surface area contributed by atoms with Gasteiger partial charge in [-0.25, -0.2) is 0 Å². The molecular weight excluding hydrogens is 240 g/mol. The van der Waals surface area contributed by atoms with E-state index in [-0.39, 0.29) is 0 Å². The summed E-state index contributed by atoms with van der Waals surface area (Å²) in [5.74, 6) is 0. The quantitative estimate of drug-likeness (QED) is 0.214. The van der Waals surface area contributed by atoms with Crippen molar-refractivity contribution in [2.75, 3.05) is 0 Å². The average Bonchev–Trinajstić information content (AvgIpc) is 2.47. The Morgan fingerprint density at radius 1 is 0.450 bits per heavy atom. The monoisotopic (exact) mass is 278 g/mol. The van der Waals surface area contributed by atoms with Crippen molar-refractivity contribution >= 4 is 0 Å². The van der Waals surface area contributed by atoms with E-state index in [0.717, 1.165) is 0 Å². The SMILES string of the molecule is CCCCCCCC=CC=CCCCCCCCCC. The summed E-state index contributed by atoms with van der Waals surface area (Å²) in [5.41, 5.74) is 0. The van der Waals surface area contributed by atoms with Crippen molar-refractivity contribution in [2.24, 2.45) is 0 Å². The van der Waals surface area contributed by atoms with E-state index in [1.54, 1.807) is 0 Å². The van der Waals surface area contributed by atoms with E-state index < -0.39 is 0 Å². The molecule has 0 radical (unpaired) electrons. The maximum Gasteiger partial charge on any atom is -0.0348 e.